The molecule has 1 aromatic heterocycles. The number of benzene rings is 3. The lowest BCUT2D eigenvalue weighted by molar-refractivity contribution is 0.0937. The van der Waals surface area contributed by atoms with Gasteiger partial charge in [-0.3, -0.25) is 4.79 Å². The summed E-state index contributed by atoms with van der Waals surface area (Å²) in [7, 11) is 0. The van der Waals surface area contributed by atoms with Crippen LogP contribution in [0.1, 0.15) is 52.3 Å². The summed E-state index contributed by atoms with van der Waals surface area (Å²) in [6.45, 7) is 11.1. The van der Waals surface area contributed by atoms with Gasteiger partial charge in [0.15, 0.2) is 0 Å². The van der Waals surface area contributed by atoms with Crippen LogP contribution in [0.4, 0.5) is 0 Å². The Morgan fingerprint density at radius 1 is 1.11 bits per heavy atom. The molecule has 0 spiro atoms. The summed E-state index contributed by atoms with van der Waals surface area (Å²) in [6, 6.07) is 21.8. The van der Waals surface area contributed by atoms with Crippen molar-refractivity contribution in [1.82, 2.24) is 14.9 Å². The second-order valence-electron chi connectivity index (χ2n) is 8.93. The van der Waals surface area contributed by atoms with Crippen LogP contribution in [0.2, 0.25) is 0 Å². The van der Waals surface area contributed by atoms with Gasteiger partial charge in [-0.05, 0) is 69.0 Å². The van der Waals surface area contributed by atoms with E-state index in [9.17, 15) is 4.79 Å². The number of amides is 1. The fraction of sp³-hybridized carbons (Fsp3) is 0.267. The molecular weight excluding hydrogens is 434 g/mol. The average Bonchev–Trinajstić information content (AvgIpc) is 3.21. The van der Waals surface area contributed by atoms with Gasteiger partial charge >= 0.3 is 0 Å². The van der Waals surface area contributed by atoms with Gasteiger partial charge in [0.05, 0.1) is 23.7 Å². The minimum Gasteiger partial charge on any atom is -0.493 e. The number of hydrogen-bond acceptors (Lipinski definition) is 3. The zero-order valence-corrected chi connectivity index (χ0v) is 20.8. The molecule has 0 aliphatic rings. The van der Waals surface area contributed by atoms with Gasteiger partial charge in [0.2, 0.25) is 0 Å². The first-order chi connectivity index (χ1) is 17.0. The monoisotopic (exact) mass is 467 g/mol. The van der Waals surface area contributed by atoms with Gasteiger partial charge in [0.25, 0.3) is 5.91 Å². The first-order valence-corrected chi connectivity index (χ1v) is 12.1. The third-order valence-electron chi connectivity index (χ3n) is 6.17. The third kappa shape index (κ3) is 5.62. The van der Waals surface area contributed by atoms with Crippen LogP contribution >= 0.6 is 0 Å². The Balaban J connectivity index is 1.49. The van der Waals surface area contributed by atoms with Crippen LogP contribution in [0, 0.1) is 13.8 Å². The summed E-state index contributed by atoms with van der Waals surface area (Å²) in [5.74, 6) is 1.66. The van der Waals surface area contributed by atoms with E-state index in [0.29, 0.717) is 12.2 Å². The molecule has 1 N–H and O–H groups in total. The number of carbonyl (C=O) groups excluding carboxylic acids is 1. The summed E-state index contributed by atoms with van der Waals surface area (Å²) in [5, 5.41) is 3.15. The molecule has 0 bridgehead atoms. The van der Waals surface area contributed by atoms with Crippen molar-refractivity contribution in [2.45, 2.75) is 46.2 Å². The first kappa shape index (κ1) is 24.3. The quantitative estimate of drug-likeness (QED) is 0.219. The summed E-state index contributed by atoms with van der Waals surface area (Å²) in [5.41, 5.74) is 5.92. The van der Waals surface area contributed by atoms with Gasteiger partial charge in [-0.15, -0.1) is 6.58 Å². The highest BCUT2D eigenvalue weighted by Gasteiger charge is 2.20. The Morgan fingerprint density at radius 2 is 1.89 bits per heavy atom. The van der Waals surface area contributed by atoms with Crippen LogP contribution in [0.15, 0.2) is 79.4 Å². The number of allylic oxidation sites excluding steroid dienone is 1. The summed E-state index contributed by atoms with van der Waals surface area (Å²) >= 11 is 0. The maximum atomic E-state index is 13.0. The van der Waals surface area contributed by atoms with Crippen molar-refractivity contribution >= 4 is 16.9 Å². The van der Waals surface area contributed by atoms with E-state index < -0.39 is 0 Å². The van der Waals surface area contributed by atoms with Gasteiger partial charge in [-0.1, -0.05) is 54.1 Å². The molecule has 0 radical (unpaired) electrons. The molecule has 3 aromatic carbocycles. The zero-order chi connectivity index (χ0) is 24.8. The molecule has 4 rings (SSSR count). The predicted octanol–water partition coefficient (Wildman–Crippen LogP) is 6.34. The van der Waals surface area contributed by atoms with Crippen molar-refractivity contribution in [2.75, 3.05) is 6.61 Å². The molecule has 0 aliphatic carbocycles. The summed E-state index contributed by atoms with van der Waals surface area (Å²) in [6.07, 6.45) is 3.48. The molecule has 4 aromatic rings. The second-order valence-corrected chi connectivity index (χ2v) is 8.93. The second kappa shape index (κ2) is 11.0. The van der Waals surface area contributed by atoms with Crippen molar-refractivity contribution in [3.8, 4) is 5.75 Å². The SMILES string of the molecule is C=CCc1ccccc1OCCCn1c(C(C)NC(=O)c2ccc(C)cc2C)nc2ccccc21. The Kier molecular flexibility index (Phi) is 7.66. The number of nitrogens with zero attached hydrogens (tertiary/aromatic N) is 2. The van der Waals surface area contributed by atoms with Gasteiger partial charge in [0.1, 0.15) is 11.6 Å². The molecule has 1 heterocycles. The maximum absolute atomic E-state index is 13.0. The van der Waals surface area contributed by atoms with Crippen LogP contribution in [-0.4, -0.2) is 22.1 Å². The van der Waals surface area contributed by atoms with Crippen molar-refractivity contribution in [1.29, 1.82) is 0 Å². The van der Waals surface area contributed by atoms with E-state index in [4.69, 9.17) is 9.72 Å². The van der Waals surface area contributed by atoms with Gasteiger partial charge in [-0.2, -0.15) is 0 Å². The predicted molar refractivity (Wildman–Crippen MR) is 142 cm³/mol. The van der Waals surface area contributed by atoms with Gasteiger partial charge in [0, 0.05) is 12.1 Å². The molecular formula is C30H33N3O2. The summed E-state index contributed by atoms with van der Waals surface area (Å²) < 4.78 is 8.29. The fourth-order valence-electron chi connectivity index (χ4n) is 4.44. The van der Waals surface area contributed by atoms with Crippen LogP contribution in [-0.2, 0) is 13.0 Å². The van der Waals surface area contributed by atoms with Crippen molar-refractivity contribution in [3.63, 3.8) is 0 Å². The molecule has 5 heteroatoms. The molecule has 0 fully saturated rings. The van der Waals surface area contributed by atoms with E-state index in [1.807, 2.05) is 81.4 Å². The molecule has 0 saturated heterocycles. The number of aryl methyl sites for hydroxylation is 3. The van der Waals surface area contributed by atoms with E-state index in [1.54, 1.807) is 0 Å². The van der Waals surface area contributed by atoms with Crippen LogP contribution in [0.3, 0.4) is 0 Å². The number of imidazole rings is 1. The van der Waals surface area contributed by atoms with Crippen molar-refractivity contribution in [3.05, 3.63) is 107 Å². The Labute approximate surface area is 207 Å². The normalized spacial score (nSPS) is 11.9. The van der Waals surface area contributed by atoms with Crippen molar-refractivity contribution < 1.29 is 9.53 Å². The van der Waals surface area contributed by atoms with E-state index in [1.165, 1.54) is 0 Å². The van der Waals surface area contributed by atoms with E-state index in [-0.39, 0.29) is 11.9 Å². The lowest BCUT2D eigenvalue weighted by atomic mass is 10.0. The molecule has 1 unspecified atom stereocenters. The topological polar surface area (TPSA) is 56.1 Å². The molecule has 0 aliphatic heterocycles. The highest BCUT2D eigenvalue weighted by Crippen LogP contribution is 2.23. The maximum Gasteiger partial charge on any atom is 0.252 e. The Hall–Kier alpha value is -3.86. The molecule has 35 heavy (non-hydrogen) atoms. The minimum absolute atomic E-state index is 0.0873. The Bertz CT molecular complexity index is 1340. The molecule has 1 amide bonds. The molecule has 1 atom stereocenters. The van der Waals surface area contributed by atoms with Gasteiger partial charge in [-0.25, -0.2) is 4.98 Å². The number of aromatic nitrogens is 2. The lowest BCUT2D eigenvalue weighted by Crippen LogP contribution is -2.29. The molecule has 180 valence electrons. The number of rotatable bonds is 10. The largest absolute Gasteiger partial charge is 0.493 e. The Morgan fingerprint density at radius 3 is 2.69 bits per heavy atom. The van der Waals surface area contributed by atoms with E-state index in [2.05, 4.69) is 28.6 Å². The average molecular weight is 468 g/mol. The number of carbonyl (C=O) groups is 1. The number of hydrogen-bond donors (Lipinski definition) is 1. The summed E-state index contributed by atoms with van der Waals surface area (Å²) in [4.78, 5) is 17.9. The first-order valence-electron chi connectivity index (χ1n) is 12.1. The van der Waals surface area contributed by atoms with Crippen LogP contribution < -0.4 is 10.1 Å². The number of para-hydroxylation sites is 3. The smallest absolute Gasteiger partial charge is 0.252 e. The lowest BCUT2D eigenvalue weighted by Gasteiger charge is -2.17. The molecule has 5 nitrogen and oxygen atoms in total. The highest BCUT2D eigenvalue weighted by molar-refractivity contribution is 5.96. The minimum atomic E-state index is -0.246. The number of fused-ring (bicyclic) bond motifs is 1. The molecule has 0 saturated carbocycles. The number of nitrogens with one attached hydrogen (secondary N) is 1. The van der Waals surface area contributed by atoms with Gasteiger partial charge < -0.3 is 14.6 Å². The van der Waals surface area contributed by atoms with E-state index >= 15 is 0 Å². The zero-order valence-electron chi connectivity index (χ0n) is 20.8. The highest BCUT2D eigenvalue weighted by atomic mass is 16.5. The third-order valence-corrected chi connectivity index (χ3v) is 6.17. The van der Waals surface area contributed by atoms with Crippen molar-refractivity contribution in [2.24, 2.45) is 0 Å². The fourth-order valence-corrected chi connectivity index (χ4v) is 4.44. The van der Waals surface area contributed by atoms with Crippen LogP contribution in [0.5, 0.6) is 5.75 Å². The van der Waals surface area contributed by atoms with Crippen LogP contribution in [0.25, 0.3) is 11.0 Å². The standard InChI is InChI=1S/C30H33N3O2/c1-5-11-24-12-6-9-15-28(24)35-19-10-18-33-27-14-8-7-13-26(27)32-29(33)23(4)31-30(34)25-17-16-21(2)20-22(25)3/h5-9,12-17,20,23H,1,10-11,18-19H2,2-4H3,(H,31,34). The number of ether oxygens (including phenoxy) is 1. The van der Waals surface area contributed by atoms with E-state index in [0.717, 1.165) is 58.7 Å².